The van der Waals surface area contributed by atoms with Gasteiger partial charge in [-0.05, 0) is 38.5 Å². The van der Waals surface area contributed by atoms with Crippen molar-refractivity contribution in [3.8, 4) is 0 Å². The van der Waals surface area contributed by atoms with Gasteiger partial charge in [0, 0.05) is 0 Å². The molecule has 1 aliphatic rings. The molecule has 1 aliphatic heterocycles. The van der Waals surface area contributed by atoms with Crippen molar-refractivity contribution in [2.75, 3.05) is 13.2 Å². The third kappa shape index (κ3) is 30.1. The van der Waals surface area contributed by atoms with Crippen molar-refractivity contribution in [3.63, 3.8) is 0 Å². The van der Waals surface area contributed by atoms with Crippen LogP contribution >= 0.6 is 0 Å². The normalized spacial score (nSPS) is 21.5. The highest BCUT2D eigenvalue weighted by Gasteiger charge is 2.48. The SMILES string of the molecule is CCCC/C=C/CC/C=C/CC/C=C/C(O)C(COC1OC(CO)C(O)C(OS(=O)(=O)O)C1O)NC(=O)C(O)CCCCCCCCCCCCCCCCCCCCCC. The molecule has 8 atom stereocenters. The monoisotopic (exact) mass is 890 g/mol. The molecule has 1 fully saturated rings. The lowest BCUT2D eigenvalue weighted by Crippen LogP contribution is -2.61. The Labute approximate surface area is 369 Å². The molecule has 358 valence electrons. The first-order valence-corrected chi connectivity index (χ1v) is 25.3. The molecule has 1 saturated heterocycles. The molecule has 0 saturated carbocycles. The molecule has 1 heterocycles. The minimum Gasteiger partial charge on any atom is -0.394 e. The van der Waals surface area contributed by atoms with Gasteiger partial charge in [0.15, 0.2) is 6.29 Å². The third-order valence-corrected chi connectivity index (χ3v) is 11.7. The molecule has 61 heavy (non-hydrogen) atoms. The minimum atomic E-state index is -5.12. The molecule has 0 spiro atoms. The Morgan fingerprint density at radius 3 is 1.56 bits per heavy atom. The Hall–Kier alpha value is -1.72. The molecule has 0 radical (unpaired) electrons. The van der Waals surface area contributed by atoms with Gasteiger partial charge >= 0.3 is 10.4 Å². The van der Waals surface area contributed by atoms with Crippen LogP contribution in [-0.4, -0.2) is 107 Å². The predicted molar refractivity (Wildman–Crippen MR) is 242 cm³/mol. The van der Waals surface area contributed by atoms with E-state index in [-0.39, 0.29) is 6.42 Å². The zero-order valence-corrected chi connectivity index (χ0v) is 38.7. The average Bonchev–Trinajstić information content (AvgIpc) is 3.23. The molecule has 0 aromatic heterocycles. The Morgan fingerprint density at radius 1 is 0.656 bits per heavy atom. The van der Waals surface area contributed by atoms with Crippen LogP contribution in [0, 0.1) is 0 Å². The van der Waals surface area contributed by atoms with Crippen LogP contribution in [0.3, 0.4) is 0 Å². The zero-order valence-electron chi connectivity index (χ0n) is 37.8. The molecular formula is C47H87NO12S. The van der Waals surface area contributed by atoms with E-state index in [1.165, 1.54) is 122 Å². The maximum atomic E-state index is 13.1. The van der Waals surface area contributed by atoms with Crippen LogP contribution in [0.4, 0.5) is 0 Å². The fourth-order valence-electron chi connectivity index (χ4n) is 7.42. The van der Waals surface area contributed by atoms with Gasteiger partial charge in [-0.15, -0.1) is 0 Å². The van der Waals surface area contributed by atoms with Crippen LogP contribution in [0.15, 0.2) is 36.5 Å². The summed E-state index contributed by atoms with van der Waals surface area (Å²) >= 11 is 0. The minimum absolute atomic E-state index is 0.236. The first-order valence-electron chi connectivity index (χ1n) is 24.0. The van der Waals surface area contributed by atoms with Gasteiger partial charge in [-0.2, -0.15) is 8.42 Å². The van der Waals surface area contributed by atoms with E-state index >= 15 is 0 Å². The summed E-state index contributed by atoms with van der Waals surface area (Å²) in [5.74, 6) is -0.716. The number of carbonyl (C=O) groups excluding carboxylic acids is 1. The second-order valence-corrected chi connectivity index (χ2v) is 17.9. The number of nitrogens with one attached hydrogen (secondary N) is 1. The van der Waals surface area contributed by atoms with E-state index in [1.54, 1.807) is 6.08 Å². The molecule has 7 N–H and O–H groups in total. The largest absolute Gasteiger partial charge is 0.397 e. The number of aliphatic hydroxyl groups is 5. The summed E-state index contributed by atoms with van der Waals surface area (Å²) in [4.78, 5) is 13.1. The first kappa shape index (κ1) is 57.3. The van der Waals surface area contributed by atoms with Crippen molar-refractivity contribution in [2.24, 2.45) is 0 Å². The van der Waals surface area contributed by atoms with Crippen LogP contribution in [0.2, 0.25) is 0 Å². The lowest BCUT2D eigenvalue weighted by molar-refractivity contribution is -0.298. The number of hydrogen-bond acceptors (Lipinski definition) is 11. The highest BCUT2D eigenvalue weighted by Crippen LogP contribution is 2.26. The summed E-state index contributed by atoms with van der Waals surface area (Å²) in [7, 11) is -5.12. The second-order valence-electron chi connectivity index (χ2n) is 16.8. The van der Waals surface area contributed by atoms with Crippen LogP contribution in [0.1, 0.15) is 194 Å². The lowest BCUT2D eigenvalue weighted by Gasteiger charge is -2.41. The zero-order chi connectivity index (χ0) is 45.0. The van der Waals surface area contributed by atoms with E-state index in [0.29, 0.717) is 12.8 Å². The van der Waals surface area contributed by atoms with Gasteiger partial charge in [-0.3, -0.25) is 9.35 Å². The van der Waals surface area contributed by atoms with Crippen molar-refractivity contribution >= 4 is 16.3 Å². The second kappa shape index (κ2) is 37.6. The Kier molecular flexibility index (Phi) is 35.4. The number of hydrogen-bond donors (Lipinski definition) is 7. The molecule has 1 rings (SSSR count). The summed E-state index contributed by atoms with van der Waals surface area (Å²) in [6.07, 6.45) is 32.4. The summed E-state index contributed by atoms with van der Waals surface area (Å²) < 4.78 is 47.5. The standard InChI is InChI=1S/C47H87NO12S/c1-3-5-7-9-11-13-15-17-18-19-20-21-22-23-24-26-28-30-32-34-36-41(51)46(54)48-39(40(50)35-33-31-29-27-25-16-14-12-10-8-6-4-2)38-58-47-44(53)45(60-61(55,56)57)43(52)42(37-49)59-47/h10,12,25,27,33,35,39-45,47,49-53H,3-9,11,13-24,26,28-32,34,36-38H2,1-2H3,(H,48,54)(H,55,56,57)/b12-10+,27-25+,35-33+. The Morgan fingerprint density at radius 2 is 1.10 bits per heavy atom. The van der Waals surface area contributed by atoms with Crippen LogP contribution in [0.5, 0.6) is 0 Å². The van der Waals surface area contributed by atoms with Crippen molar-refractivity contribution in [3.05, 3.63) is 36.5 Å². The third-order valence-electron chi connectivity index (χ3n) is 11.3. The lowest BCUT2D eigenvalue weighted by atomic mass is 9.99. The first-order chi connectivity index (χ1) is 29.4. The molecule has 8 unspecified atom stereocenters. The number of allylic oxidation sites excluding steroid dienone is 5. The topological polar surface area (TPSA) is 212 Å². The van der Waals surface area contributed by atoms with E-state index < -0.39 is 78.5 Å². The van der Waals surface area contributed by atoms with Gasteiger partial charge in [0.2, 0.25) is 5.91 Å². The van der Waals surface area contributed by atoms with E-state index in [0.717, 1.165) is 44.9 Å². The van der Waals surface area contributed by atoms with E-state index in [1.807, 2.05) is 0 Å². The molecular weight excluding hydrogens is 803 g/mol. The van der Waals surface area contributed by atoms with Crippen LogP contribution in [0.25, 0.3) is 0 Å². The number of unbranched alkanes of at least 4 members (excludes halogenated alkanes) is 23. The molecule has 0 bridgehead atoms. The van der Waals surface area contributed by atoms with Gasteiger partial charge in [-0.1, -0.05) is 192 Å². The number of ether oxygens (including phenoxy) is 2. The molecule has 1 amide bonds. The summed E-state index contributed by atoms with van der Waals surface area (Å²) in [5.41, 5.74) is 0. The summed E-state index contributed by atoms with van der Waals surface area (Å²) in [6.45, 7) is 3.15. The quantitative estimate of drug-likeness (QED) is 0.0175. The van der Waals surface area contributed by atoms with E-state index in [2.05, 4.69) is 47.7 Å². The van der Waals surface area contributed by atoms with Crippen molar-refractivity contribution in [1.82, 2.24) is 5.32 Å². The smallest absolute Gasteiger partial charge is 0.394 e. The van der Waals surface area contributed by atoms with Gasteiger partial charge in [0.1, 0.15) is 30.5 Å². The number of amides is 1. The molecule has 0 aromatic carbocycles. The Balaban J connectivity index is 2.52. The highest BCUT2D eigenvalue weighted by molar-refractivity contribution is 7.80. The maximum Gasteiger partial charge on any atom is 0.397 e. The van der Waals surface area contributed by atoms with Crippen molar-refractivity contribution in [1.29, 1.82) is 0 Å². The molecule has 13 nitrogen and oxygen atoms in total. The van der Waals surface area contributed by atoms with Gasteiger partial charge in [0.05, 0.1) is 25.4 Å². The number of carbonyl (C=O) groups is 1. The van der Waals surface area contributed by atoms with Crippen LogP contribution in [-0.2, 0) is 28.9 Å². The maximum absolute atomic E-state index is 13.1. The van der Waals surface area contributed by atoms with Crippen LogP contribution < -0.4 is 5.32 Å². The Bertz CT molecular complexity index is 1250. The molecule has 0 aromatic rings. The summed E-state index contributed by atoms with van der Waals surface area (Å²) in [6, 6.07) is -1.14. The average molecular weight is 890 g/mol. The van der Waals surface area contributed by atoms with E-state index in [9.17, 15) is 43.3 Å². The fraction of sp³-hybridized carbons (Fsp3) is 0.851. The predicted octanol–water partition coefficient (Wildman–Crippen LogP) is 8.47. The highest BCUT2D eigenvalue weighted by atomic mass is 32.3. The number of aliphatic hydroxyl groups excluding tert-OH is 5. The van der Waals surface area contributed by atoms with Gasteiger partial charge in [-0.25, -0.2) is 4.18 Å². The molecule has 0 aliphatic carbocycles. The number of rotatable bonds is 40. The van der Waals surface area contributed by atoms with Crippen molar-refractivity contribution < 1.29 is 57.0 Å². The molecule has 14 heteroatoms. The van der Waals surface area contributed by atoms with Crippen molar-refractivity contribution in [2.45, 2.75) is 243 Å². The fourth-order valence-corrected chi connectivity index (χ4v) is 7.93. The van der Waals surface area contributed by atoms with Gasteiger partial charge in [0.25, 0.3) is 0 Å². The summed E-state index contributed by atoms with van der Waals surface area (Å²) in [5, 5.41) is 55.1. The van der Waals surface area contributed by atoms with E-state index in [4.69, 9.17) is 9.47 Å². The van der Waals surface area contributed by atoms with Gasteiger partial charge < -0.3 is 40.3 Å².